The number of amides is 1. The van der Waals surface area contributed by atoms with E-state index in [2.05, 4.69) is 29.6 Å². The van der Waals surface area contributed by atoms with Gasteiger partial charge in [0.25, 0.3) is 5.56 Å². The van der Waals surface area contributed by atoms with E-state index in [0.29, 0.717) is 30.6 Å². The van der Waals surface area contributed by atoms with E-state index in [-0.39, 0.29) is 17.9 Å². The van der Waals surface area contributed by atoms with Gasteiger partial charge in [-0.1, -0.05) is 0 Å². The molecule has 28 heavy (non-hydrogen) atoms. The Morgan fingerprint density at radius 3 is 2.61 bits per heavy atom. The van der Waals surface area contributed by atoms with Gasteiger partial charge in [-0.3, -0.25) is 9.59 Å². The van der Waals surface area contributed by atoms with E-state index >= 15 is 0 Å². The van der Waals surface area contributed by atoms with Crippen LogP contribution in [0.15, 0.2) is 17.3 Å². The van der Waals surface area contributed by atoms with Gasteiger partial charge in [-0.2, -0.15) is 0 Å². The molecule has 4 rings (SSSR count). The van der Waals surface area contributed by atoms with Gasteiger partial charge in [0.05, 0.1) is 19.3 Å². The van der Waals surface area contributed by atoms with E-state index in [4.69, 9.17) is 0 Å². The first-order valence-corrected chi connectivity index (χ1v) is 9.90. The number of aromatic nitrogens is 5. The van der Waals surface area contributed by atoms with Gasteiger partial charge in [-0.15, -0.1) is 10.2 Å². The van der Waals surface area contributed by atoms with E-state index < -0.39 is 0 Å². The van der Waals surface area contributed by atoms with E-state index in [1.54, 1.807) is 0 Å². The summed E-state index contributed by atoms with van der Waals surface area (Å²) in [5.41, 5.74) is 0.167. The molecule has 1 N–H and O–H groups in total. The molecule has 0 aromatic carbocycles. The molecule has 0 unspecified atom stereocenters. The summed E-state index contributed by atoms with van der Waals surface area (Å²) in [5.74, 6) is 2.43. The largest absolute Gasteiger partial charge is 0.342 e. The number of carbonyl (C=O) groups is 1. The van der Waals surface area contributed by atoms with Crippen molar-refractivity contribution >= 4 is 5.91 Å². The van der Waals surface area contributed by atoms with Gasteiger partial charge >= 0.3 is 0 Å². The summed E-state index contributed by atoms with van der Waals surface area (Å²) in [6.45, 7) is 2.16. The zero-order chi connectivity index (χ0) is 19.7. The summed E-state index contributed by atoms with van der Waals surface area (Å²) in [6.07, 6.45) is 7.05. The fourth-order valence-corrected chi connectivity index (χ4v) is 3.90. The fraction of sp³-hybridized carbons (Fsp3) is 0.632. The molecule has 1 aliphatic heterocycles. The minimum atomic E-state index is -0.246. The van der Waals surface area contributed by atoms with Gasteiger partial charge < -0.3 is 19.4 Å². The van der Waals surface area contributed by atoms with Crippen molar-refractivity contribution in [3.05, 3.63) is 40.1 Å². The van der Waals surface area contributed by atoms with Crippen LogP contribution in [0.2, 0.25) is 0 Å². The van der Waals surface area contributed by atoms with Crippen molar-refractivity contribution in [1.29, 1.82) is 0 Å². The smallest absolute Gasteiger partial charge is 0.254 e. The van der Waals surface area contributed by atoms with Crippen LogP contribution in [0.5, 0.6) is 0 Å². The Hall–Kier alpha value is -2.55. The Labute approximate surface area is 163 Å². The molecule has 1 amide bonds. The van der Waals surface area contributed by atoms with Crippen molar-refractivity contribution in [3.63, 3.8) is 0 Å². The van der Waals surface area contributed by atoms with Gasteiger partial charge in [0.2, 0.25) is 5.91 Å². The molecule has 2 aromatic heterocycles. The van der Waals surface area contributed by atoms with Crippen LogP contribution in [0, 0.1) is 0 Å². The number of H-pyrrole nitrogens is 1. The third-order valence-corrected chi connectivity index (χ3v) is 5.51. The summed E-state index contributed by atoms with van der Waals surface area (Å²) in [6, 6.07) is 0.539. The summed E-state index contributed by atoms with van der Waals surface area (Å²) in [4.78, 5) is 34.7. The lowest BCUT2D eigenvalue weighted by atomic mass is 9.95. The molecule has 1 saturated heterocycles. The molecule has 1 saturated carbocycles. The van der Waals surface area contributed by atoms with Gasteiger partial charge in [-0.25, -0.2) is 4.98 Å². The first-order valence-electron chi connectivity index (χ1n) is 9.90. The minimum Gasteiger partial charge on any atom is -0.342 e. The molecule has 3 heterocycles. The Bertz CT molecular complexity index is 892. The zero-order valence-electron chi connectivity index (χ0n) is 16.5. The third kappa shape index (κ3) is 3.99. The maximum atomic E-state index is 12.6. The van der Waals surface area contributed by atoms with Crippen LogP contribution in [-0.2, 0) is 17.8 Å². The lowest BCUT2D eigenvalue weighted by Crippen LogP contribution is -2.40. The van der Waals surface area contributed by atoms with Crippen LogP contribution in [-0.4, -0.2) is 67.6 Å². The SMILES string of the molecule is CN(C)Cc1nnc(C2CCN(C(=O)Cc3cnc[nH]c3=O)CC2)n1C1CC1. The molecule has 150 valence electrons. The number of hydrogen-bond acceptors (Lipinski definition) is 6. The molecule has 2 aliphatic rings. The Balaban J connectivity index is 1.40. The van der Waals surface area contributed by atoms with E-state index in [1.165, 1.54) is 25.4 Å². The number of nitrogens with zero attached hydrogens (tertiary/aromatic N) is 6. The lowest BCUT2D eigenvalue weighted by molar-refractivity contribution is -0.131. The number of hydrogen-bond donors (Lipinski definition) is 1. The maximum absolute atomic E-state index is 12.6. The molecule has 0 radical (unpaired) electrons. The van der Waals surface area contributed by atoms with Gasteiger partial charge in [0.15, 0.2) is 0 Å². The molecule has 9 nitrogen and oxygen atoms in total. The summed E-state index contributed by atoms with van der Waals surface area (Å²) in [7, 11) is 4.09. The molecular formula is C19H27N7O2. The number of aromatic amines is 1. The summed E-state index contributed by atoms with van der Waals surface area (Å²) >= 11 is 0. The van der Waals surface area contributed by atoms with Crippen LogP contribution >= 0.6 is 0 Å². The van der Waals surface area contributed by atoms with Crippen LogP contribution in [0.25, 0.3) is 0 Å². The molecular weight excluding hydrogens is 358 g/mol. The number of piperidine rings is 1. The monoisotopic (exact) mass is 385 g/mol. The van der Waals surface area contributed by atoms with E-state index in [0.717, 1.165) is 31.0 Å². The van der Waals surface area contributed by atoms with Crippen LogP contribution < -0.4 is 5.56 Å². The fourth-order valence-electron chi connectivity index (χ4n) is 3.90. The second kappa shape index (κ2) is 7.83. The van der Waals surface area contributed by atoms with Crippen LogP contribution in [0.3, 0.4) is 0 Å². The quantitative estimate of drug-likeness (QED) is 0.786. The van der Waals surface area contributed by atoms with Gasteiger partial charge in [0, 0.05) is 36.8 Å². The molecule has 9 heteroatoms. The molecule has 0 atom stereocenters. The maximum Gasteiger partial charge on any atom is 0.254 e. The highest BCUT2D eigenvalue weighted by Gasteiger charge is 2.34. The average Bonchev–Trinajstić information content (AvgIpc) is 3.44. The van der Waals surface area contributed by atoms with Gasteiger partial charge in [-0.05, 0) is 39.8 Å². The van der Waals surface area contributed by atoms with Crippen molar-refractivity contribution in [3.8, 4) is 0 Å². The number of nitrogens with one attached hydrogen (secondary N) is 1. The standard InChI is InChI=1S/C19H27N7O2/c1-24(2)11-16-22-23-18(26(16)15-3-4-15)13-5-7-25(8-6-13)17(27)9-14-10-20-12-21-19(14)28/h10,12-13,15H,3-9,11H2,1-2H3,(H,20,21,28). The first-order chi connectivity index (χ1) is 13.5. The van der Waals surface area contributed by atoms with Crippen molar-refractivity contribution in [2.75, 3.05) is 27.2 Å². The van der Waals surface area contributed by atoms with Crippen molar-refractivity contribution < 1.29 is 4.79 Å². The predicted molar refractivity (Wildman–Crippen MR) is 103 cm³/mol. The number of rotatable bonds is 6. The van der Waals surface area contributed by atoms with E-state index in [9.17, 15) is 9.59 Å². The number of likely N-dealkylation sites (tertiary alicyclic amines) is 1. The molecule has 2 aromatic rings. The van der Waals surface area contributed by atoms with Crippen LogP contribution in [0.4, 0.5) is 0 Å². The zero-order valence-corrected chi connectivity index (χ0v) is 16.5. The highest BCUT2D eigenvalue weighted by molar-refractivity contribution is 5.78. The minimum absolute atomic E-state index is 0.0195. The molecule has 1 aliphatic carbocycles. The molecule has 0 bridgehead atoms. The van der Waals surface area contributed by atoms with E-state index in [1.807, 2.05) is 19.0 Å². The average molecular weight is 385 g/mol. The Morgan fingerprint density at radius 2 is 1.96 bits per heavy atom. The Kier molecular flexibility index (Phi) is 5.25. The van der Waals surface area contributed by atoms with Crippen molar-refractivity contribution in [2.24, 2.45) is 0 Å². The summed E-state index contributed by atoms with van der Waals surface area (Å²) < 4.78 is 2.34. The predicted octanol–water partition coefficient (Wildman–Crippen LogP) is 0.707. The van der Waals surface area contributed by atoms with Gasteiger partial charge in [0.1, 0.15) is 11.6 Å². The molecule has 0 spiro atoms. The van der Waals surface area contributed by atoms with Crippen LogP contribution in [0.1, 0.15) is 54.9 Å². The first kappa shape index (κ1) is 18.8. The highest BCUT2D eigenvalue weighted by Crippen LogP contribution is 2.40. The second-order valence-electron chi connectivity index (χ2n) is 8.05. The second-order valence-corrected chi connectivity index (χ2v) is 8.05. The third-order valence-electron chi connectivity index (χ3n) is 5.51. The normalized spacial score (nSPS) is 18.0. The molecule has 2 fully saturated rings. The van der Waals surface area contributed by atoms with Crippen molar-refractivity contribution in [1.82, 2.24) is 34.5 Å². The highest BCUT2D eigenvalue weighted by atomic mass is 16.2. The Morgan fingerprint density at radius 1 is 1.21 bits per heavy atom. The number of carbonyl (C=O) groups excluding carboxylic acids is 1. The van der Waals surface area contributed by atoms with Crippen molar-refractivity contribution in [2.45, 2.75) is 50.6 Å². The summed E-state index contributed by atoms with van der Waals surface area (Å²) in [5, 5.41) is 8.99. The lowest BCUT2D eigenvalue weighted by Gasteiger charge is -2.32. The topological polar surface area (TPSA) is 100 Å².